The Morgan fingerprint density at radius 2 is 1.56 bits per heavy atom. The van der Waals surface area contributed by atoms with Crippen molar-refractivity contribution in [2.45, 2.75) is 71.8 Å². The molecule has 2 N–H and O–H groups in total. The van der Waals surface area contributed by atoms with Crippen LogP contribution in [0.25, 0.3) is 0 Å². The highest BCUT2D eigenvalue weighted by Crippen LogP contribution is 2.11. The summed E-state index contributed by atoms with van der Waals surface area (Å²) in [4.78, 5) is 29.8. The molecule has 1 aromatic carbocycles. The van der Waals surface area contributed by atoms with Gasteiger partial charge in [0.05, 0.1) is 6.61 Å². The Hall–Kier alpha value is -2.12. The van der Waals surface area contributed by atoms with Crippen molar-refractivity contribution in [1.29, 1.82) is 0 Å². The summed E-state index contributed by atoms with van der Waals surface area (Å²) in [6.45, 7) is 11.4. The van der Waals surface area contributed by atoms with Crippen LogP contribution in [0.3, 0.4) is 0 Å². The summed E-state index contributed by atoms with van der Waals surface area (Å²) in [5.41, 5.74) is 2.53. The molecular weight excluding hydrogens is 348 g/mol. The van der Waals surface area contributed by atoms with E-state index in [2.05, 4.69) is 10.8 Å². The number of alkyl carbamates (subject to hydrolysis) is 1. The summed E-state index contributed by atoms with van der Waals surface area (Å²) < 4.78 is 10.6. The molecule has 0 aromatic heterocycles. The summed E-state index contributed by atoms with van der Waals surface area (Å²) in [6, 6.07) is 8.87. The zero-order valence-electron chi connectivity index (χ0n) is 17.1. The first-order valence-corrected chi connectivity index (χ1v) is 9.07. The minimum absolute atomic E-state index is 0.295. The Labute approximate surface area is 161 Å². The van der Waals surface area contributed by atoms with Crippen LogP contribution in [0, 0.1) is 0 Å². The SMILES string of the molecule is CC(C)(C)OC(=O)N[C@@H](CCNOCc1ccccc1)C(=O)OC(C)(C)C. The van der Waals surface area contributed by atoms with Gasteiger partial charge in [0.15, 0.2) is 0 Å². The third-order valence-electron chi connectivity index (χ3n) is 3.10. The van der Waals surface area contributed by atoms with Crippen LogP contribution in [0.15, 0.2) is 30.3 Å². The van der Waals surface area contributed by atoms with Crippen molar-refractivity contribution in [2.24, 2.45) is 0 Å². The monoisotopic (exact) mass is 380 g/mol. The second-order valence-electron chi connectivity index (χ2n) is 8.19. The maximum Gasteiger partial charge on any atom is 0.408 e. The lowest BCUT2D eigenvalue weighted by molar-refractivity contribution is -0.157. The molecule has 0 heterocycles. The van der Waals surface area contributed by atoms with Crippen molar-refractivity contribution in [3.05, 3.63) is 35.9 Å². The van der Waals surface area contributed by atoms with Crippen LogP contribution in [0.2, 0.25) is 0 Å². The molecule has 152 valence electrons. The van der Waals surface area contributed by atoms with Crippen molar-refractivity contribution in [1.82, 2.24) is 10.8 Å². The van der Waals surface area contributed by atoms with Crippen LogP contribution in [-0.2, 0) is 25.7 Å². The van der Waals surface area contributed by atoms with Crippen LogP contribution < -0.4 is 10.8 Å². The molecule has 1 rings (SSSR count). The number of hydrogen-bond acceptors (Lipinski definition) is 6. The van der Waals surface area contributed by atoms with Crippen molar-refractivity contribution in [3.63, 3.8) is 0 Å². The Morgan fingerprint density at radius 3 is 2.11 bits per heavy atom. The van der Waals surface area contributed by atoms with E-state index in [9.17, 15) is 9.59 Å². The fraction of sp³-hybridized carbons (Fsp3) is 0.600. The van der Waals surface area contributed by atoms with Gasteiger partial charge in [0.2, 0.25) is 0 Å². The summed E-state index contributed by atoms with van der Waals surface area (Å²) in [7, 11) is 0. The molecule has 0 saturated heterocycles. The number of hydroxylamine groups is 1. The molecule has 27 heavy (non-hydrogen) atoms. The molecule has 7 heteroatoms. The van der Waals surface area contributed by atoms with Gasteiger partial charge in [0.25, 0.3) is 0 Å². The van der Waals surface area contributed by atoms with E-state index in [0.29, 0.717) is 19.6 Å². The van der Waals surface area contributed by atoms with Gasteiger partial charge in [-0.05, 0) is 53.5 Å². The number of esters is 1. The Morgan fingerprint density at radius 1 is 0.963 bits per heavy atom. The minimum Gasteiger partial charge on any atom is -0.458 e. The lowest BCUT2D eigenvalue weighted by Crippen LogP contribution is -2.47. The largest absolute Gasteiger partial charge is 0.458 e. The molecule has 0 fully saturated rings. The molecule has 0 aliphatic rings. The average Bonchev–Trinajstić information content (AvgIpc) is 2.51. The third-order valence-corrected chi connectivity index (χ3v) is 3.10. The standard InChI is InChI=1S/C20H32N2O5/c1-19(2,3)26-17(23)16(22-18(24)27-20(4,5)6)12-13-21-25-14-15-10-8-7-9-11-15/h7-11,16,21H,12-14H2,1-6H3,(H,22,24)/t16-/m0/s1. The third kappa shape index (κ3) is 11.2. The molecular formula is C20H32N2O5. The van der Waals surface area contributed by atoms with Crippen LogP contribution in [0.5, 0.6) is 0 Å². The number of carbonyl (C=O) groups excluding carboxylic acids is 2. The highest BCUT2D eigenvalue weighted by molar-refractivity contribution is 5.81. The smallest absolute Gasteiger partial charge is 0.408 e. The zero-order valence-corrected chi connectivity index (χ0v) is 17.1. The number of nitrogens with one attached hydrogen (secondary N) is 2. The molecule has 7 nitrogen and oxygen atoms in total. The van der Waals surface area contributed by atoms with Gasteiger partial charge in [-0.25, -0.2) is 15.1 Å². The highest BCUT2D eigenvalue weighted by atomic mass is 16.6. The van der Waals surface area contributed by atoms with Crippen LogP contribution in [0.4, 0.5) is 4.79 Å². The van der Waals surface area contributed by atoms with Gasteiger partial charge in [-0.1, -0.05) is 30.3 Å². The Bertz CT molecular complexity index is 591. The molecule has 0 aliphatic carbocycles. The van der Waals surface area contributed by atoms with Gasteiger partial charge in [0.1, 0.15) is 17.2 Å². The van der Waals surface area contributed by atoms with E-state index in [0.717, 1.165) is 5.56 Å². The first kappa shape index (κ1) is 22.9. The lowest BCUT2D eigenvalue weighted by Gasteiger charge is -2.26. The molecule has 1 amide bonds. The molecule has 0 saturated carbocycles. The molecule has 0 bridgehead atoms. The van der Waals surface area contributed by atoms with Crippen molar-refractivity contribution < 1.29 is 23.9 Å². The number of rotatable bonds is 8. The van der Waals surface area contributed by atoms with Crippen LogP contribution in [0.1, 0.15) is 53.5 Å². The van der Waals surface area contributed by atoms with E-state index in [1.165, 1.54) is 0 Å². The van der Waals surface area contributed by atoms with E-state index in [1.807, 2.05) is 30.3 Å². The number of hydrogen-bond donors (Lipinski definition) is 2. The summed E-state index contributed by atoms with van der Waals surface area (Å²) >= 11 is 0. The fourth-order valence-electron chi connectivity index (χ4n) is 2.06. The summed E-state index contributed by atoms with van der Waals surface area (Å²) in [5.74, 6) is -0.516. The fourth-order valence-corrected chi connectivity index (χ4v) is 2.06. The molecule has 0 aliphatic heterocycles. The van der Waals surface area contributed by atoms with Gasteiger partial charge in [0, 0.05) is 6.54 Å². The number of carbonyl (C=O) groups is 2. The van der Waals surface area contributed by atoms with Gasteiger partial charge < -0.3 is 14.8 Å². The number of ether oxygens (including phenoxy) is 2. The second kappa shape index (κ2) is 10.3. The summed E-state index contributed by atoms with van der Waals surface area (Å²) in [5, 5.41) is 2.57. The lowest BCUT2D eigenvalue weighted by atomic mass is 10.1. The van der Waals surface area contributed by atoms with Gasteiger partial charge in [-0.2, -0.15) is 0 Å². The normalized spacial score (nSPS) is 13.0. The van der Waals surface area contributed by atoms with Gasteiger partial charge in [-0.3, -0.25) is 4.84 Å². The van der Waals surface area contributed by atoms with E-state index in [-0.39, 0.29) is 0 Å². The average molecular weight is 380 g/mol. The molecule has 0 radical (unpaired) electrons. The predicted octanol–water partition coefficient (Wildman–Crippen LogP) is 3.33. The van der Waals surface area contributed by atoms with E-state index >= 15 is 0 Å². The van der Waals surface area contributed by atoms with E-state index in [1.54, 1.807) is 41.5 Å². The first-order chi connectivity index (χ1) is 12.5. The van der Waals surface area contributed by atoms with Crippen LogP contribution in [-0.4, -0.2) is 35.9 Å². The number of amides is 1. The van der Waals surface area contributed by atoms with Crippen LogP contribution >= 0.6 is 0 Å². The van der Waals surface area contributed by atoms with Crippen molar-refractivity contribution >= 4 is 12.1 Å². The molecule has 0 spiro atoms. The Kier molecular flexibility index (Phi) is 8.72. The van der Waals surface area contributed by atoms with Gasteiger partial charge in [-0.15, -0.1) is 0 Å². The molecule has 1 atom stereocenters. The minimum atomic E-state index is -0.841. The quantitative estimate of drug-likeness (QED) is 0.409. The first-order valence-electron chi connectivity index (χ1n) is 9.07. The second-order valence-corrected chi connectivity index (χ2v) is 8.19. The predicted molar refractivity (Wildman–Crippen MR) is 103 cm³/mol. The zero-order chi connectivity index (χ0) is 20.5. The maximum atomic E-state index is 12.4. The van der Waals surface area contributed by atoms with Crippen molar-refractivity contribution in [3.8, 4) is 0 Å². The topological polar surface area (TPSA) is 85.9 Å². The van der Waals surface area contributed by atoms with E-state index in [4.69, 9.17) is 14.3 Å². The van der Waals surface area contributed by atoms with Gasteiger partial charge >= 0.3 is 12.1 Å². The molecule has 0 unspecified atom stereocenters. The molecule has 1 aromatic rings. The van der Waals surface area contributed by atoms with Crippen molar-refractivity contribution in [2.75, 3.05) is 6.54 Å². The maximum absolute atomic E-state index is 12.4. The Balaban J connectivity index is 2.52. The van der Waals surface area contributed by atoms with E-state index < -0.39 is 29.3 Å². The number of benzene rings is 1. The summed E-state index contributed by atoms with van der Waals surface area (Å²) in [6.07, 6.45) is -0.369. The highest BCUT2D eigenvalue weighted by Gasteiger charge is 2.28.